The van der Waals surface area contributed by atoms with Crippen LogP contribution in [0.3, 0.4) is 0 Å². The minimum Gasteiger partial charge on any atom is -0.484 e. The van der Waals surface area contributed by atoms with E-state index in [2.05, 4.69) is 5.32 Å². The zero-order valence-electron chi connectivity index (χ0n) is 15.9. The molecule has 0 atom stereocenters. The van der Waals surface area contributed by atoms with E-state index in [1.54, 1.807) is 4.90 Å². The number of hydrogen-bond donors (Lipinski definition) is 1. The normalized spacial score (nSPS) is 14.7. The molecule has 142 valence electrons. The third-order valence-electron chi connectivity index (χ3n) is 4.92. The highest BCUT2D eigenvalue weighted by Gasteiger charge is 2.27. The second kappa shape index (κ2) is 8.71. The highest BCUT2D eigenvalue weighted by atomic mass is 16.5. The van der Waals surface area contributed by atoms with Crippen LogP contribution in [0.2, 0.25) is 0 Å². The van der Waals surface area contributed by atoms with Crippen LogP contribution in [0.25, 0.3) is 0 Å². The maximum atomic E-state index is 12.4. The molecule has 2 aromatic carbocycles. The Hall–Kier alpha value is -2.82. The van der Waals surface area contributed by atoms with Gasteiger partial charge in [-0.15, -0.1) is 0 Å². The zero-order valence-corrected chi connectivity index (χ0v) is 15.9. The van der Waals surface area contributed by atoms with Gasteiger partial charge in [0.15, 0.2) is 6.61 Å². The van der Waals surface area contributed by atoms with Gasteiger partial charge in [0.05, 0.1) is 0 Å². The molecule has 0 radical (unpaired) electrons. The van der Waals surface area contributed by atoms with Gasteiger partial charge in [-0.1, -0.05) is 35.4 Å². The van der Waals surface area contributed by atoms with Gasteiger partial charge in [-0.3, -0.25) is 9.59 Å². The summed E-state index contributed by atoms with van der Waals surface area (Å²) in [6.45, 7) is 5.22. The van der Waals surface area contributed by atoms with Gasteiger partial charge < -0.3 is 15.0 Å². The number of benzene rings is 2. The van der Waals surface area contributed by atoms with Crippen LogP contribution >= 0.6 is 0 Å². The van der Waals surface area contributed by atoms with E-state index in [4.69, 9.17) is 4.74 Å². The third kappa shape index (κ3) is 5.33. The number of carbonyl (C=O) groups is 2. The Morgan fingerprint density at radius 1 is 0.963 bits per heavy atom. The SMILES string of the molecule is Cc1ccc(NC(=O)C2CCN(C(=O)COc3ccc(C)cc3)CC2)cc1. The van der Waals surface area contributed by atoms with Crippen LogP contribution in [0.1, 0.15) is 24.0 Å². The molecule has 2 amide bonds. The van der Waals surface area contributed by atoms with Gasteiger partial charge in [-0.25, -0.2) is 0 Å². The smallest absolute Gasteiger partial charge is 0.260 e. The Balaban J connectivity index is 1.43. The van der Waals surface area contributed by atoms with Crippen molar-refractivity contribution in [3.8, 4) is 5.75 Å². The molecule has 0 saturated carbocycles. The molecule has 0 unspecified atom stereocenters. The fourth-order valence-corrected chi connectivity index (χ4v) is 3.14. The van der Waals surface area contributed by atoms with E-state index in [0.29, 0.717) is 31.7 Å². The Labute approximate surface area is 160 Å². The lowest BCUT2D eigenvalue weighted by Gasteiger charge is -2.31. The fraction of sp³-hybridized carbons (Fsp3) is 0.364. The molecule has 5 heteroatoms. The number of likely N-dealkylation sites (tertiary alicyclic amines) is 1. The van der Waals surface area contributed by atoms with Crippen LogP contribution in [0, 0.1) is 19.8 Å². The third-order valence-corrected chi connectivity index (χ3v) is 4.92. The number of nitrogens with zero attached hydrogens (tertiary/aromatic N) is 1. The number of ether oxygens (including phenoxy) is 1. The van der Waals surface area contributed by atoms with Gasteiger partial charge in [0, 0.05) is 24.7 Å². The van der Waals surface area contributed by atoms with Crippen molar-refractivity contribution >= 4 is 17.5 Å². The molecular weight excluding hydrogens is 340 g/mol. The number of hydrogen-bond acceptors (Lipinski definition) is 3. The second-order valence-corrected chi connectivity index (χ2v) is 7.11. The number of carbonyl (C=O) groups excluding carboxylic acids is 2. The average Bonchev–Trinajstić information content (AvgIpc) is 2.69. The summed E-state index contributed by atoms with van der Waals surface area (Å²) in [5, 5.41) is 2.97. The average molecular weight is 366 g/mol. The summed E-state index contributed by atoms with van der Waals surface area (Å²) in [6.07, 6.45) is 1.35. The molecule has 5 nitrogen and oxygen atoms in total. The van der Waals surface area contributed by atoms with Crippen LogP contribution in [0.15, 0.2) is 48.5 Å². The lowest BCUT2D eigenvalue weighted by molar-refractivity contribution is -0.136. The van der Waals surface area contributed by atoms with E-state index < -0.39 is 0 Å². The summed E-state index contributed by atoms with van der Waals surface area (Å²) in [6, 6.07) is 15.4. The van der Waals surface area contributed by atoms with Crippen LogP contribution < -0.4 is 10.1 Å². The predicted molar refractivity (Wildman–Crippen MR) is 106 cm³/mol. The summed E-state index contributed by atoms with van der Waals surface area (Å²) in [4.78, 5) is 26.5. The minimum absolute atomic E-state index is 0.0295. The quantitative estimate of drug-likeness (QED) is 0.880. The first-order valence-corrected chi connectivity index (χ1v) is 9.36. The first-order chi connectivity index (χ1) is 13.0. The van der Waals surface area contributed by atoms with Gasteiger partial charge in [0.2, 0.25) is 5.91 Å². The number of nitrogens with one attached hydrogen (secondary N) is 1. The van der Waals surface area contributed by atoms with Gasteiger partial charge in [0.1, 0.15) is 5.75 Å². The Kier molecular flexibility index (Phi) is 6.12. The Morgan fingerprint density at radius 2 is 1.52 bits per heavy atom. The summed E-state index contributed by atoms with van der Waals surface area (Å²) in [5.41, 5.74) is 3.13. The lowest BCUT2D eigenvalue weighted by Crippen LogP contribution is -2.43. The van der Waals surface area contributed by atoms with Crippen molar-refractivity contribution in [2.75, 3.05) is 25.0 Å². The number of piperidine rings is 1. The molecule has 0 bridgehead atoms. The minimum atomic E-state index is -0.0617. The standard InChI is InChI=1S/C22H26N2O3/c1-16-3-7-19(8-4-16)23-22(26)18-11-13-24(14-12-18)21(25)15-27-20-9-5-17(2)6-10-20/h3-10,18H,11-15H2,1-2H3,(H,23,26). The molecule has 0 spiro atoms. The van der Waals surface area contributed by atoms with E-state index in [0.717, 1.165) is 16.8 Å². The lowest BCUT2D eigenvalue weighted by atomic mass is 9.95. The molecule has 1 heterocycles. The molecule has 1 saturated heterocycles. The molecular formula is C22H26N2O3. The van der Waals surface area contributed by atoms with Crippen LogP contribution in [0.5, 0.6) is 5.75 Å². The van der Waals surface area contributed by atoms with Gasteiger partial charge in [-0.2, -0.15) is 0 Å². The predicted octanol–water partition coefficient (Wildman–Crippen LogP) is 3.56. The zero-order chi connectivity index (χ0) is 19.2. The summed E-state index contributed by atoms with van der Waals surface area (Å²) < 4.78 is 5.57. The summed E-state index contributed by atoms with van der Waals surface area (Å²) in [5.74, 6) is 0.629. The highest BCUT2D eigenvalue weighted by Crippen LogP contribution is 2.20. The van der Waals surface area contributed by atoms with E-state index in [9.17, 15) is 9.59 Å². The number of amides is 2. The molecule has 27 heavy (non-hydrogen) atoms. The second-order valence-electron chi connectivity index (χ2n) is 7.11. The van der Waals surface area contributed by atoms with E-state index in [1.165, 1.54) is 0 Å². The first kappa shape index (κ1) is 19.0. The molecule has 3 rings (SSSR count). The van der Waals surface area contributed by atoms with Crippen molar-refractivity contribution in [3.05, 3.63) is 59.7 Å². The van der Waals surface area contributed by atoms with Crippen molar-refractivity contribution in [1.29, 1.82) is 0 Å². The van der Waals surface area contributed by atoms with Crippen molar-refractivity contribution in [1.82, 2.24) is 4.90 Å². The molecule has 1 fully saturated rings. The van der Waals surface area contributed by atoms with Crippen LogP contribution in [0.4, 0.5) is 5.69 Å². The van der Waals surface area contributed by atoms with Crippen molar-refractivity contribution in [2.24, 2.45) is 5.92 Å². The van der Waals surface area contributed by atoms with Crippen molar-refractivity contribution in [2.45, 2.75) is 26.7 Å². The van der Waals surface area contributed by atoms with E-state index in [1.807, 2.05) is 62.4 Å². The molecule has 1 aliphatic rings. The Bertz CT molecular complexity index is 776. The molecule has 1 N–H and O–H groups in total. The maximum absolute atomic E-state index is 12.4. The number of aryl methyl sites for hydroxylation is 2. The van der Waals surface area contributed by atoms with E-state index in [-0.39, 0.29) is 24.3 Å². The Morgan fingerprint density at radius 3 is 2.11 bits per heavy atom. The first-order valence-electron chi connectivity index (χ1n) is 9.36. The van der Waals surface area contributed by atoms with Crippen LogP contribution in [-0.4, -0.2) is 36.4 Å². The summed E-state index contributed by atoms with van der Waals surface area (Å²) in [7, 11) is 0. The number of rotatable bonds is 5. The fourth-order valence-electron chi connectivity index (χ4n) is 3.14. The van der Waals surface area contributed by atoms with Gasteiger partial charge in [-0.05, 0) is 51.0 Å². The largest absolute Gasteiger partial charge is 0.484 e. The van der Waals surface area contributed by atoms with Gasteiger partial charge >= 0.3 is 0 Å². The molecule has 1 aliphatic heterocycles. The molecule has 0 aliphatic carbocycles. The molecule has 0 aromatic heterocycles. The maximum Gasteiger partial charge on any atom is 0.260 e. The number of anilines is 1. The van der Waals surface area contributed by atoms with Crippen molar-refractivity contribution < 1.29 is 14.3 Å². The summed E-state index contributed by atoms with van der Waals surface area (Å²) >= 11 is 0. The van der Waals surface area contributed by atoms with Gasteiger partial charge in [0.25, 0.3) is 5.91 Å². The topological polar surface area (TPSA) is 58.6 Å². The van der Waals surface area contributed by atoms with E-state index >= 15 is 0 Å². The van der Waals surface area contributed by atoms with Crippen LogP contribution in [-0.2, 0) is 9.59 Å². The monoisotopic (exact) mass is 366 g/mol. The van der Waals surface area contributed by atoms with Crippen molar-refractivity contribution in [3.63, 3.8) is 0 Å². The molecule has 2 aromatic rings. The highest BCUT2D eigenvalue weighted by molar-refractivity contribution is 5.92.